The molecule has 0 saturated carbocycles. The second-order valence-corrected chi connectivity index (χ2v) is 8.81. The highest BCUT2D eigenvalue weighted by Crippen LogP contribution is 2.27. The topological polar surface area (TPSA) is 76.4 Å². The third-order valence-electron chi connectivity index (χ3n) is 5.40. The van der Waals surface area contributed by atoms with Crippen LogP contribution in [-0.4, -0.2) is 63.8 Å². The standard InChI is InChI=1S/C22H21ClN6O2S/c1-31-14-19-25-20(27-8-10-28(11-9-27)22(30)18-3-2-12-32-18)17-13-24-29(21(17)26-19)16-6-4-15(23)5-7-16/h2-7,12-13H,8-11,14H2,1H3. The average Bonchev–Trinajstić information content (AvgIpc) is 3.50. The third kappa shape index (κ3) is 3.94. The van der Waals surface area contributed by atoms with Crippen molar-refractivity contribution in [2.75, 3.05) is 38.2 Å². The van der Waals surface area contributed by atoms with Gasteiger partial charge in [0.15, 0.2) is 11.5 Å². The van der Waals surface area contributed by atoms with Gasteiger partial charge in [0.2, 0.25) is 0 Å². The van der Waals surface area contributed by atoms with Crippen LogP contribution in [0.4, 0.5) is 5.82 Å². The Labute approximate surface area is 194 Å². The van der Waals surface area contributed by atoms with E-state index in [4.69, 9.17) is 26.3 Å². The van der Waals surface area contributed by atoms with E-state index in [1.807, 2.05) is 46.7 Å². The molecule has 8 nitrogen and oxygen atoms in total. The maximum Gasteiger partial charge on any atom is 0.264 e. The number of aromatic nitrogens is 4. The van der Waals surface area contributed by atoms with Crippen molar-refractivity contribution in [1.29, 1.82) is 0 Å². The van der Waals surface area contributed by atoms with Gasteiger partial charge in [-0.2, -0.15) is 5.10 Å². The van der Waals surface area contributed by atoms with E-state index in [0.717, 1.165) is 21.8 Å². The van der Waals surface area contributed by atoms with Gasteiger partial charge in [-0.15, -0.1) is 11.3 Å². The molecular weight excluding hydrogens is 448 g/mol. The highest BCUT2D eigenvalue weighted by Gasteiger charge is 2.26. The van der Waals surface area contributed by atoms with Crippen LogP contribution in [0.2, 0.25) is 5.02 Å². The molecule has 5 rings (SSSR count). The van der Waals surface area contributed by atoms with Crippen molar-refractivity contribution in [1.82, 2.24) is 24.6 Å². The van der Waals surface area contributed by atoms with Crippen molar-refractivity contribution >= 4 is 45.7 Å². The van der Waals surface area contributed by atoms with Crippen LogP contribution in [0.3, 0.4) is 0 Å². The zero-order valence-corrected chi connectivity index (χ0v) is 19.0. The van der Waals surface area contributed by atoms with Crippen molar-refractivity contribution in [2.45, 2.75) is 6.61 Å². The number of hydrogen-bond acceptors (Lipinski definition) is 7. The van der Waals surface area contributed by atoms with Crippen LogP contribution in [0, 0.1) is 0 Å². The van der Waals surface area contributed by atoms with Crippen molar-refractivity contribution < 1.29 is 9.53 Å². The number of hydrogen-bond donors (Lipinski definition) is 0. The molecule has 32 heavy (non-hydrogen) atoms. The van der Waals surface area contributed by atoms with E-state index in [2.05, 4.69) is 10.00 Å². The van der Waals surface area contributed by atoms with Crippen LogP contribution < -0.4 is 4.90 Å². The molecule has 4 heterocycles. The molecule has 1 fully saturated rings. The fourth-order valence-corrected chi connectivity index (χ4v) is 4.64. The number of halogens is 1. The number of carbonyl (C=O) groups excluding carboxylic acids is 1. The minimum Gasteiger partial charge on any atom is -0.377 e. The molecule has 10 heteroatoms. The number of thiophene rings is 1. The zero-order valence-electron chi connectivity index (χ0n) is 17.4. The molecule has 0 unspecified atom stereocenters. The van der Waals surface area contributed by atoms with Crippen molar-refractivity contribution in [3.8, 4) is 5.69 Å². The van der Waals surface area contributed by atoms with E-state index >= 15 is 0 Å². The van der Waals surface area contributed by atoms with E-state index in [-0.39, 0.29) is 5.91 Å². The van der Waals surface area contributed by atoms with Crippen LogP contribution in [0.5, 0.6) is 0 Å². The van der Waals surface area contributed by atoms with Gasteiger partial charge in [0.25, 0.3) is 5.91 Å². The number of methoxy groups -OCH3 is 1. The quantitative estimate of drug-likeness (QED) is 0.445. The number of ether oxygens (including phenoxy) is 1. The molecular formula is C22H21ClN6O2S. The molecule has 0 radical (unpaired) electrons. The molecule has 1 saturated heterocycles. The minimum atomic E-state index is 0.0862. The number of rotatable bonds is 5. The lowest BCUT2D eigenvalue weighted by Gasteiger charge is -2.35. The Morgan fingerprint density at radius 1 is 1.12 bits per heavy atom. The Morgan fingerprint density at radius 3 is 2.59 bits per heavy atom. The van der Waals surface area contributed by atoms with Gasteiger partial charge >= 0.3 is 0 Å². The van der Waals surface area contributed by atoms with E-state index in [0.29, 0.717) is 49.3 Å². The predicted octanol–water partition coefficient (Wildman–Crippen LogP) is 3.64. The van der Waals surface area contributed by atoms with Crippen LogP contribution in [0.1, 0.15) is 15.5 Å². The van der Waals surface area contributed by atoms with Crippen LogP contribution >= 0.6 is 22.9 Å². The van der Waals surface area contributed by atoms with Gasteiger partial charge in [-0.3, -0.25) is 4.79 Å². The molecule has 0 aliphatic carbocycles. The number of anilines is 1. The van der Waals surface area contributed by atoms with Crippen LogP contribution in [0.25, 0.3) is 16.7 Å². The summed E-state index contributed by atoms with van der Waals surface area (Å²) < 4.78 is 7.09. The van der Waals surface area contributed by atoms with Gasteiger partial charge in [-0.05, 0) is 35.7 Å². The molecule has 0 bridgehead atoms. The normalized spacial score (nSPS) is 14.3. The Morgan fingerprint density at radius 2 is 1.91 bits per heavy atom. The lowest BCUT2D eigenvalue weighted by atomic mass is 10.2. The molecule has 4 aromatic rings. The van der Waals surface area contributed by atoms with Gasteiger partial charge in [0.05, 0.1) is 22.1 Å². The first kappa shape index (κ1) is 20.9. The second-order valence-electron chi connectivity index (χ2n) is 7.42. The summed E-state index contributed by atoms with van der Waals surface area (Å²) in [6.07, 6.45) is 1.79. The zero-order chi connectivity index (χ0) is 22.1. The maximum absolute atomic E-state index is 12.7. The lowest BCUT2D eigenvalue weighted by Crippen LogP contribution is -2.49. The fraction of sp³-hybridized carbons (Fsp3) is 0.273. The smallest absolute Gasteiger partial charge is 0.264 e. The molecule has 0 spiro atoms. The summed E-state index contributed by atoms with van der Waals surface area (Å²) in [6.45, 7) is 2.93. The minimum absolute atomic E-state index is 0.0862. The number of piperazine rings is 1. The van der Waals surface area contributed by atoms with Gasteiger partial charge < -0.3 is 14.5 Å². The van der Waals surface area contributed by atoms with Gasteiger partial charge in [-0.1, -0.05) is 17.7 Å². The maximum atomic E-state index is 12.7. The average molecular weight is 469 g/mol. The number of benzene rings is 1. The van der Waals surface area contributed by atoms with Gasteiger partial charge in [-0.25, -0.2) is 14.6 Å². The molecule has 0 atom stereocenters. The number of nitrogens with zero attached hydrogens (tertiary/aromatic N) is 6. The first-order valence-electron chi connectivity index (χ1n) is 10.2. The third-order valence-corrected chi connectivity index (χ3v) is 6.51. The van der Waals surface area contributed by atoms with Crippen molar-refractivity contribution in [3.05, 3.63) is 63.7 Å². The Hall–Kier alpha value is -3.01. The lowest BCUT2D eigenvalue weighted by molar-refractivity contribution is 0.0751. The molecule has 1 aliphatic rings. The Bertz CT molecular complexity index is 1230. The summed E-state index contributed by atoms with van der Waals surface area (Å²) in [4.78, 5) is 27.0. The first-order chi connectivity index (χ1) is 15.6. The summed E-state index contributed by atoms with van der Waals surface area (Å²) in [5, 5.41) is 8.02. The molecule has 1 amide bonds. The van der Waals surface area contributed by atoms with Gasteiger partial charge in [0, 0.05) is 38.3 Å². The summed E-state index contributed by atoms with van der Waals surface area (Å²) in [7, 11) is 1.62. The fourth-order valence-electron chi connectivity index (χ4n) is 3.82. The molecule has 1 aromatic carbocycles. The number of amides is 1. The SMILES string of the molecule is COCc1nc(N2CCN(C(=O)c3cccs3)CC2)c2cnn(-c3ccc(Cl)cc3)c2n1. The summed E-state index contributed by atoms with van der Waals surface area (Å²) >= 11 is 7.52. The largest absolute Gasteiger partial charge is 0.377 e. The van der Waals surface area contributed by atoms with Gasteiger partial charge in [0.1, 0.15) is 12.4 Å². The summed E-state index contributed by atoms with van der Waals surface area (Å²) in [5.41, 5.74) is 1.57. The van der Waals surface area contributed by atoms with Crippen LogP contribution in [0.15, 0.2) is 48.0 Å². The van der Waals surface area contributed by atoms with Crippen LogP contribution in [-0.2, 0) is 11.3 Å². The predicted molar refractivity (Wildman–Crippen MR) is 125 cm³/mol. The summed E-state index contributed by atoms with van der Waals surface area (Å²) in [5.74, 6) is 1.48. The number of carbonyl (C=O) groups is 1. The Balaban J connectivity index is 1.46. The van der Waals surface area contributed by atoms with Crippen molar-refractivity contribution in [3.63, 3.8) is 0 Å². The van der Waals surface area contributed by atoms with E-state index in [1.165, 1.54) is 11.3 Å². The molecule has 3 aromatic heterocycles. The van der Waals surface area contributed by atoms with E-state index in [9.17, 15) is 4.79 Å². The molecule has 164 valence electrons. The second kappa shape index (κ2) is 8.85. The number of fused-ring (bicyclic) bond motifs is 1. The highest BCUT2D eigenvalue weighted by molar-refractivity contribution is 7.12. The summed E-state index contributed by atoms with van der Waals surface area (Å²) in [6, 6.07) is 11.2. The van der Waals surface area contributed by atoms with E-state index in [1.54, 1.807) is 18.0 Å². The Kier molecular flexibility index (Phi) is 5.77. The van der Waals surface area contributed by atoms with E-state index < -0.39 is 0 Å². The highest BCUT2D eigenvalue weighted by atomic mass is 35.5. The molecule has 0 N–H and O–H groups in total. The monoisotopic (exact) mass is 468 g/mol. The molecule has 1 aliphatic heterocycles. The van der Waals surface area contributed by atoms with Crippen molar-refractivity contribution in [2.24, 2.45) is 0 Å². The first-order valence-corrected chi connectivity index (χ1v) is 11.5.